The van der Waals surface area contributed by atoms with E-state index < -0.39 is 10.0 Å². The summed E-state index contributed by atoms with van der Waals surface area (Å²) in [5, 5.41) is 2.09. The molecule has 1 aliphatic rings. The van der Waals surface area contributed by atoms with Crippen molar-refractivity contribution in [1.29, 1.82) is 0 Å². The van der Waals surface area contributed by atoms with Crippen LogP contribution < -0.4 is 4.90 Å². The summed E-state index contributed by atoms with van der Waals surface area (Å²) < 4.78 is 26.6. The SMILES string of the molecule is O=S(=O)(Cc1ccccc1)N1CC[NH+](Cc2cccs2)CC1. The summed E-state index contributed by atoms with van der Waals surface area (Å²) >= 11 is 1.77. The second-order valence-corrected chi connectivity index (χ2v) is 8.65. The maximum absolute atomic E-state index is 12.5. The van der Waals surface area contributed by atoms with Gasteiger partial charge < -0.3 is 4.90 Å². The summed E-state index contributed by atoms with van der Waals surface area (Å²) in [6.07, 6.45) is 0. The molecule has 1 aliphatic heterocycles. The number of nitrogens with one attached hydrogen (secondary N) is 1. The van der Waals surface area contributed by atoms with Gasteiger partial charge in [0.15, 0.2) is 0 Å². The molecule has 1 saturated heterocycles. The van der Waals surface area contributed by atoms with Gasteiger partial charge >= 0.3 is 0 Å². The minimum Gasteiger partial charge on any atom is -0.328 e. The van der Waals surface area contributed by atoms with E-state index in [0.29, 0.717) is 13.1 Å². The van der Waals surface area contributed by atoms with Crippen molar-refractivity contribution < 1.29 is 13.3 Å². The lowest BCUT2D eigenvalue weighted by Gasteiger charge is -2.31. The molecule has 22 heavy (non-hydrogen) atoms. The van der Waals surface area contributed by atoms with E-state index in [9.17, 15) is 8.42 Å². The zero-order valence-electron chi connectivity index (χ0n) is 12.4. The molecule has 4 nitrogen and oxygen atoms in total. The van der Waals surface area contributed by atoms with Gasteiger partial charge in [0.05, 0.1) is 36.8 Å². The highest BCUT2D eigenvalue weighted by Gasteiger charge is 2.29. The van der Waals surface area contributed by atoms with Gasteiger partial charge in [0.25, 0.3) is 0 Å². The Bertz CT molecular complexity index is 676. The van der Waals surface area contributed by atoms with Crippen LogP contribution in [-0.4, -0.2) is 38.9 Å². The van der Waals surface area contributed by atoms with Gasteiger partial charge in [-0.15, -0.1) is 11.3 Å². The molecule has 0 unspecified atom stereocenters. The molecule has 0 radical (unpaired) electrons. The third kappa shape index (κ3) is 3.95. The van der Waals surface area contributed by atoms with E-state index >= 15 is 0 Å². The van der Waals surface area contributed by atoms with Crippen LogP contribution in [0.1, 0.15) is 10.4 Å². The van der Waals surface area contributed by atoms with Crippen molar-refractivity contribution in [2.45, 2.75) is 12.3 Å². The molecule has 1 aromatic carbocycles. The van der Waals surface area contributed by atoms with Gasteiger partial charge in [-0.1, -0.05) is 36.4 Å². The van der Waals surface area contributed by atoms with Gasteiger partial charge in [0.1, 0.15) is 6.54 Å². The number of hydrogen-bond acceptors (Lipinski definition) is 3. The van der Waals surface area contributed by atoms with Gasteiger partial charge in [0, 0.05) is 0 Å². The molecule has 0 bridgehead atoms. The van der Waals surface area contributed by atoms with Crippen molar-refractivity contribution in [2.24, 2.45) is 0 Å². The lowest BCUT2D eigenvalue weighted by atomic mass is 10.2. The van der Waals surface area contributed by atoms with Crippen molar-refractivity contribution in [3.8, 4) is 0 Å². The van der Waals surface area contributed by atoms with Crippen LogP contribution in [0.3, 0.4) is 0 Å². The fourth-order valence-electron chi connectivity index (χ4n) is 2.79. The molecule has 0 spiro atoms. The Balaban J connectivity index is 1.56. The fourth-order valence-corrected chi connectivity index (χ4v) is 5.10. The maximum atomic E-state index is 12.5. The maximum Gasteiger partial charge on any atom is 0.218 e. The van der Waals surface area contributed by atoms with Crippen molar-refractivity contribution in [3.63, 3.8) is 0 Å². The Morgan fingerprint density at radius 1 is 1.05 bits per heavy atom. The first-order valence-electron chi connectivity index (χ1n) is 7.51. The number of rotatable bonds is 5. The largest absolute Gasteiger partial charge is 0.328 e. The molecular formula is C16H21N2O2S2+. The monoisotopic (exact) mass is 337 g/mol. The lowest BCUT2D eigenvalue weighted by molar-refractivity contribution is -0.917. The minimum absolute atomic E-state index is 0.105. The molecule has 118 valence electrons. The van der Waals surface area contributed by atoms with E-state index in [2.05, 4.69) is 17.5 Å². The van der Waals surface area contributed by atoms with E-state index in [1.807, 2.05) is 30.3 Å². The number of thiophene rings is 1. The minimum atomic E-state index is -3.20. The Morgan fingerprint density at radius 3 is 2.41 bits per heavy atom. The first kappa shape index (κ1) is 15.7. The molecule has 0 atom stereocenters. The molecule has 1 fully saturated rings. The van der Waals surface area contributed by atoms with Crippen LogP contribution in [0.2, 0.25) is 0 Å². The van der Waals surface area contributed by atoms with Gasteiger partial charge in [-0.2, -0.15) is 4.31 Å². The molecule has 0 saturated carbocycles. The van der Waals surface area contributed by atoms with Crippen LogP contribution in [0.4, 0.5) is 0 Å². The summed E-state index contributed by atoms with van der Waals surface area (Å²) in [6, 6.07) is 13.6. The molecule has 3 rings (SSSR count). The molecule has 0 aliphatic carbocycles. The van der Waals surface area contributed by atoms with E-state index in [4.69, 9.17) is 0 Å². The highest BCUT2D eigenvalue weighted by molar-refractivity contribution is 7.88. The third-order valence-corrected chi connectivity index (χ3v) is 6.75. The average Bonchev–Trinajstić information content (AvgIpc) is 3.01. The molecule has 0 amide bonds. The molecule has 2 heterocycles. The number of benzene rings is 1. The highest BCUT2D eigenvalue weighted by Crippen LogP contribution is 2.11. The number of nitrogens with zero attached hydrogens (tertiary/aromatic N) is 1. The number of piperazine rings is 1. The predicted molar refractivity (Wildman–Crippen MR) is 89.4 cm³/mol. The van der Waals surface area contributed by atoms with Gasteiger partial charge in [-0.25, -0.2) is 8.42 Å². The standard InChI is InChI=1S/C16H20N2O2S2/c19-22(20,14-15-5-2-1-3-6-15)18-10-8-17(9-11-18)13-16-7-4-12-21-16/h1-7,12H,8-11,13-14H2/p+1. The lowest BCUT2D eigenvalue weighted by Crippen LogP contribution is -3.13. The Kier molecular flexibility index (Phi) is 4.93. The topological polar surface area (TPSA) is 41.8 Å². The van der Waals surface area contributed by atoms with E-state index in [0.717, 1.165) is 25.2 Å². The Labute approximate surface area is 136 Å². The van der Waals surface area contributed by atoms with Crippen LogP contribution in [0, 0.1) is 0 Å². The molecular weight excluding hydrogens is 316 g/mol. The molecule has 1 N–H and O–H groups in total. The summed E-state index contributed by atoms with van der Waals surface area (Å²) in [7, 11) is -3.20. The van der Waals surface area contributed by atoms with Gasteiger partial charge in [-0.3, -0.25) is 0 Å². The van der Waals surface area contributed by atoms with Crippen LogP contribution in [-0.2, 0) is 22.3 Å². The first-order valence-corrected chi connectivity index (χ1v) is 10.00. The summed E-state index contributed by atoms with van der Waals surface area (Å²) in [6.45, 7) is 4.01. The number of hydrogen-bond donors (Lipinski definition) is 1. The van der Waals surface area contributed by atoms with Crippen LogP contribution in [0.5, 0.6) is 0 Å². The Morgan fingerprint density at radius 2 is 1.77 bits per heavy atom. The van der Waals surface area contributed by atoms with Gasteiger partial charge in [-0.05, 0) is 17.0 Å². The van der Waals surface area contributed by atoms with Crippen molar-refractivity contribution in [2.75, 3.05) is 26.2 Å². The predicted octanol–water partition coefficient (Wildman–Crippen LogP) is 0.979. The van der Waals surface area contributed by atoms with Crippen molar-refractivity contribution >= 4 is 21.4 Å². The highest BCUT2D eigenvalue weighted by atomic mass is 32.2. The average molecular weight is 337 g/mol. The number of sulfonamides is 1. The van der Waals surface area contributed by atoms with Crippen molar-refractivity contribution in [3.05, 3.63) is 58.3 Å². The quantitative estimate of drug-likeness (QED) is 0.884. The number of quaternary nitrogens is 1. The zero-order chi connectivity index (χ0) is 15.4. The zero-order valence-corrected chi connectivity index (χ0v) is 14.1. The first-order chi connectivity index (χ1) is 10.6. The van der Waals surface area contributed by atoms with Crippen LogP contribution in [0.15, 0.2) is 47.8 Å². The second-order valence-electron chi connectivity index (χ2n) is 5.65. The normalized spacial score (nSPS) is 17.6. The summed E-state index contributed by atoms with van der Waals surface area (Å²) in [5.41, 5.74) is 0.857. The smallest absolute Gasteiger partial charge is 0.218 e. The molecule has 1 aromatic heterocycles. The molecule has 6 heteroatoms. The Hall–Kier alpha value is -1.21. The van der Waals surface area contributed by atoms with E-state index in [-0.39, 0.29) is 5.75 Å². The van der Waals surface area contributed by atoms with E-state index in [1.165, 1.54) is 9.78 Å². The summed E-state index contributed by atoms with van der Waals surface area (Å²) in [5.74, 6) is 0.105. The van der Waals surface area contributed by atoms with Crippen LogP contribution in [0.25, 0.3) is 0 Å². The van der Waals surface area contributed by atoms with Crippen LogP contribution >= 0.6 is 11.3 Å². The van der Waals surface area contributed by atoms with Gasteiger partial charge in [0.2, 0.25) is 10.0 Å². The summed E-state index contributed by atoms with van der Waals surface area (Å²) in [4.78, 5) is 2.84. The molecule has 2 aromatic rings. The van der Waals surface area contributed by atoms with Crippen molar-refractivity contribution in [1.82, 2.24) is 4.31 Å². The fraction of sp³-hybridized carbons (Fsp3) is 0.375. The third-order valence-electron chi connectivity index (χ3n) is 4.02. The second kappa shape index (κ2) is 6.91. The van der Waals surface area contributed by atoms with E-state index in [1.54, 1.807) is 15.6 Å².